The third kappa shape index (κ3) is 6.46. The van der Waals surface area contributed by atoms with Gasteiger partial charge in [0.1, 0.15) is 5.78 Å². The van der Waals surface area contributed by atoms with Gasteiger partial charge < -0.3 is 0 Å². The van der Waals surface area contributed by atoms with Crippen molar-refractivity contribution in [2.75, 3.05) is 18.8 Å². The SMILES string of the molecule is CC(C)C(=O)CN(C[C@H](CS)C(C)C)C(C)C. The number of rotatable bonds is 8. The molecule has 17 heavy (non-hydrogen) atoms. The molecule has 0 aromatic carbocycles. The number of ketones is 1. The maximum Gasteiger partial charge on any atom is 0.149 e. The van der Waals surface area contributed by atoms with E-state index in [-0.39, 0.29) is 5.92 Å². The van der Waals surface area contributed by atoms with E-state index in [1.165, 1.54) is 0 Å². The second kappa shape index (κ2) is 8.15. The fourth-order valence-electron chi connectivity index (χ4n) is 1.62. The second-order valence-electron chi connectivity index (χ2n) is 5.83. The van der Waals surface area contributed by atoms with Crippen LogP contribution in [0.3, 0.4) is 0 Å². The van der Waals surface area contributed by atoms with Crippen LogP contribution >= 0.6 is 12.6 Å². The van der Waals surface area contributed by atoms with Crippen molar-refractivity contribution in [3.8, 4) is 0 Å². The van der Waals surface area contributed by atoms with Gasteiger partial charge in [0.15, 0.2) is 0 Å². The molecular weight excluding hydrogens is 230 g/mol. The number of thiol groups is 1. The van der Waals surface area contributed by atoms with Crippen molar-refractivity contribution in [2.24, 2.45) is 17.8 Å². The van der Waals surface area contributed by atoms with Crippen LogP contribution in [-0.4, -0.2) is 35.6 Å². The molecule has 3 heteroatoms. The Bertz CT molecular complexity index is 226. The van der Waals surface area contributed by atoms with Gasteiger partial charge in [-0.1, -0.05) is 27.7 Å². The third-order valence-electron chi connectivity index (χ3n) is 3.38. The molecule has 0 spiro atoms. The molecule has 0 heterocycles. The Hall–Kier alpha value is -0.0200. The average Bonchev–Trinajstić information content (AvgIpc) is 2.22. The van der Waals surface area contributed by atoms with Crippen molar-refractivity contribution >= 4 is 18.4 Å². The Labute approximate surface area is 113 Å². The van der Waals surface area contributed by atoms with Crippen LogP contribution in [0.4, 0.5) is 0 Å². The summed E-state index contributed by atoms with van der Waals surface area (Å²) >= 11 is 4.42. The van der Waals surface area contributed by atoms with Crippen LogP contribution < -0.4 is 0 Å². The molecule has 0 aliphatic rings. The smallest absolute Gasteiger partial charge is 0.149 e. The van der Waals surface area contributed by atoms with Crippen molar-refractivity contribution in [1.29, 1.82) is 0 Å². The number of carbonyl (C=O) groups is 1. The highest BCUT2D eigenvalue weighted by atomic mass is 32.1. The standard InChI is InChI=1S/C14H29NOS/c1-10(2)13(9-17)7-15(12(5)6)8-14(16)11(3)4/h10-13,17H,7-9H2,1-6H3/t13-/m1/s1. The van der Waals surface area contributed by atoms with Crippen LogP contribution in [-0.2, 0) is 4.79 Å². The van der Waals surface area contributed by atoms with E-state index < -0.39 is 0 Å². The summed E-state index contributed by atoms with van der Waals surface area (Å²) < 4.78 is 0. The van der Waals surface area contributed by atoms with Gasteiger partial charge in [0.25, 0.3) is 0 Å². The molecule has 1 atom stereocenters. The third-order valence-corrected chi connectivity index (χ3v) is 3.85. The number of Topliss-reactive ketones (excluding diaryl/α,β-unsaturated/α-hetero) is 1. The van der Waals surface area contributed by atoms with Gasteiger partial charge >= 0.3 is 0 Å². The average molecular weight is 259 g/mol. The Kier molecular flexibility index (Phi) is 8.14. The molecule has 0 saturated heterocycles. The summed E-state index contributed by atoms with van der Waals surface area (Å²) in [6.45, 7) is 14.3. The molecule has 0 aliphatic heterocycles. The lowest BCUT2D eigenvalue weighted by atomic mass is 9.96. The van der Waals surface area contributed by atoms with Crippen molar-refractivity contribution in [3.05, 3.63) is 0 Å². The highest BCUT2D eigenvalue weighted by Gasteiger charge is 2.21. The van der Waals surface area contributed by atoms with E-state index in [1.807, 2.05) is 13.8 Å². The lowest BCUT2D eigenvalue weighted by Crippen LogP contribution is -2.41. The zero-order valence-corrected chi connectivity index (χ0v) is 13.1. The maximum absolute atomic E-state index is 11.8. The van der Waals surface area contributed by atoms with Gasteiger partial charge in [-0.2, -0.15) is 12.6 Å². The van der Waals surface area contributed by atoms with Crippen LogP contribution in [0.5, 0.6) is 0 Å². The minimum absolute atomic E-state index is 0.129. The van der Waals surface area contributed by atoms with Crippen molar-refractivity contribution in [1.82, 2.24) is 4.90 Å². The summed E-state index contributed by atoms with van der Waals surface area (Å²) in [5, 5.41) is 0. The summed E-state index contributed by atoms with van der Waals surface area (Å²) in [6.07, 6.45) is 0. The fourth-order valence-corrected chi connectivity index (χ4v) is 2.16. The summed E-state index contributed by atoms with van der Waals surface area (Å²) in [7, 11) is 0. The van der Waals surface area contributed by atoms with Gasteiger partial charge in [-0.05, 0) is 31.4 Å². The molecule has 0 bridgehead atoms. The monoisotopic (exact) mass is 259 g/mol. The zero-order valence-electron chi connectivity index (χ0n) is 12.2. The van der Waals surface area contributed by atoms with Crippen LogP contribution in [0.25, 0.3) is 0 Å². The quantitative estimate of drug-likeness (QED) is 0.676. The predicted octanol–water partition coefficient (Wildman–Crippen LogP) is 3.12. The fraction of sp³-hybridized carbons (Fsp3) is 0.929. The molecule has 0 unspecified atom stereocenters. The molecule has 0 saturated carbocycles. The minimum atomic E-state index is 0.129. The first-order valence-corrected chi connectivity index (χ1v) is 7.30. The van der Waals surface area contributed by atoms with E-state index in [0.29, 0.717) is 30.2 Å². The first kappa shape index (κ1) is 17.0. The number of hydrogen-bond donors (Lipinski definition) is 1. The van der Waals surface area contributed by atoms with Gasteiger partial charge in [-0.3, -0.25) is 9.69 Å². The van der Waals surface area contributed by atoms with Gasteiger partial charge in [0.2, 0.25) is 0 Å². The van der Waals surface area contributed by atoms with Crippen molar-refractivity contribution in [3.63, 3.8) is 0 Å². The molecule has 0 aromatic rings. The number of hydrogen-bond acceptors (Lipinski definition) is 3. The first-order chi connectivity index (χ1) is 7.79. The summed E-state index contributed by atoms with van der Waals surface area (Å²) in [5.41, 5.74) is 0. The Morgan fingerprint density at radius 2 is 1.65 bits per heavy atom. The Balaban J connectivity index is 4.48. The molecular formula is C14H29NOS. The summed E-state index contributed by atoms with van der Waals surface area (Å²) in [5.74, 6) is 2.52. The van der Waals surface area contributed by atoms with Gasteiger partial charge in [0.05, 0.1) is 6.54 Å². The van der Waals surface area contributed by atoms with E-state index in [9.17, 15) is 4.79 Å². The lowest BCUT2D eigenvalue weighted by Gasteiger charge is -2.31. The normalized spacial score (nSPS) is 14.1. The molecule has 0 aromatic heterocycles. The molecule has 102 valence electrons. The van der Waals surface area contributed by atoms with Crippen LogP contribution in [0.1, 0.15) is 41.5 Å². The highest BCUT2D eigenvalue weighted by molar-refractivity contribution is 7.80. The van der Waals surface area contributed by atoms with Gasteiger partial charge in [0, 0.05) is 18.5 Å². The highest BCUT2D eigenvalue weighted by Crippen LogP contribution is 2.16. The molecule has 2 nitrogen and oxygen atoms in total. The molecule has 0 aliphatic carbocycles. The van der Waals surface area contributed by atoms with Crippen molar-refractivity contribution < 1.29 is 4.79 Å². The lowest BCUT2D eigenvalue weighted by molar-refractivity contribution is -0.123. The van der Waals surface area contributed by atoms with Crippen LogP contribution in [0.15, 0.2) is 0 Å². The van der Waals surface area contributed by atoms with E-state index in [2.05, 4.69) is 45.2 Å². The number of nitrogens with zero attached hydrogens (tertiary/aromatic N) is 1. The molecule has 0 rings (SSSR count). The Morgan fingerprint density at radius 1 is 1.12 bits per heavy atom. The first-order valence-electron chi connectivity index (χ1n) is 6.67. The summed E-state index contributed by atoms with van der Waals surface area (Å²) in [6, 6.07) is 0.416. The second-order valence-corrected chi connectivity index (χ2v) is 6.20. The molecule has 0 fully saturated rings. The maximum atomic E-state index is 11.8. The van der Waals surface area contributed by atoms with E-state index in [4.69, 9.17) is 0 Å². The zero-order chi connectivity index (χ0) is 13.6. The molecule has 0 radical (unpaired) electrons. The van der Waals surface area contributed by atoms with E-state index in [0.717, 1.165) is 12.3 Å². The van der Waals surface area contributed by atoms with E-state index in [1.54, 1.807) is 0 Å². The minimum Gasteiger partial charge on any atom is -0.298 e. The van der Waals surface area contributed by atoms with Crippen molar-refractivity contribution in [2.45, 2.75) is 47.6 Å². The number of carbonyl (C=O) groups excluding carboxylic acids is 1. The summed E-state index contributed by atoms with van der Waals surface area (Å²) in [4.78, 5) is 14.1. The van der Waals surface area contributed by atoms with E-state index >= 15 is 0 Å². The predicted molar refractivity (Wildman–Crippen MR) is 78.7 cm³/mol. The van der Waals surface area contributed by atoms with Gasteiger partial charge in [-0.15, -0.1) is 0 Å². The van der Waals surface area contributed by atoms with Gasteiger partial charge in [-0.25, -0.2) is 0 Å². The largest absolute Gasteiger partial charge is 0.298 e. The molecule has 0 N–H and O–H groups in total. The van der Waals surface area contributed by atoms with Crippen LogP contribution in [0, 0.1) is 17.8 Å². The molecule has 0 amide bonds. The van der Waals surface area contributed by atoms with Crippen LogP contribution in [0.2, 0.25) is 0 Å². The topological polar surface area (TPSA) is 20.3 Å². The Morgan fingerprint density at radius 3 is 1.94 bits per heavy atom.